The van der Waals surface area contributed by atoms with E-state index in [1.807, 2.05) is 0 Å². The van der Waals surface area contributed by atoms with Gasteiger partial charge in [-0.05, 0) is 43.7 Å². The molecule has 0 radical (unpaired) electrons. The molecule has 0 unspecified atom stereocenters. The highest BCUT2D eigenvalue weighted by atomic mass is 19.1. The summed E-state index contributed by atoms with van der Waals surface area (Å²) in [4.78, 5) is 25.2. The Kier molecular flexibility index (Phi) is 4.35. The van der Waals surface area contributed by atoms with E-state index in [4.69, 9.17) is 0 Å². The molecule has 1 heterocycles. The molecule has 0 bridgehead atoms. The maximum absolute atomic E-state index is 13.9. The molecule has 1 fully saturated rings. The van der Waals surface area contributed by atoms with Gasteiger partial charge in [0, 0.05) is 11.8 Å². The van der Waals surface area contributed by atoms with Gasteiger partial charge in [0.05, 0.1) is 12.2 Å². The first kappa shape index (κ1) is 17.8. The van der Waals surface area contributed by atoms with E-state index in [1.54, 1.807) is 13.8 Å². The number of carbonyl (C=O) groups excluding carboxylic acids is 2. The summed E-state index contributed by atoms with van der Waals surface area (Å²) in [6.07, 6.45) is 0. The SMILES string of the molecule is CC1(C)C(=O)NC(=O)N1Cc1ccc(F)cc1Nc1ccc(F)cc1F. The molecule has 2 aromatic carbocycles. The van der Waals surface area contributed by atoms with Crippen molar-refractivity contribution in [3.63, 3.8) is 0 Å². The Morgan fingerprint density at radius 3 is 2.27 bits per heavy atom. The molecule has 0 saturated carbocycles. The number of urea groups is 1. The Labute approximate surface area is 147 Å². The zero-order valence-electron chi connectivity index (χ0n) is 14.1. The second kappa shape index (κ2) is 6.36. The molecule has 0 spiro atoms. The van der Waals surface area contributed by atoms with Crippen LogP contribution in [0.15, 0.2) is 36.4 Å². The van der Waals surface area contributed by atoms with Crippen molar-refractivity contribution in [2.75, 3.05) is 5.32 Å². The second-order valence-corrected chi connectivity index (χ2v) is 6.46. The molecule has 1 aliphatic rings. The molecule has 0 aliphatic carbocycles. The highest BCUT2D eigenvalue weighted by Gasteiger charge is 2.45. The summed E-state index contributed by atoms with van der Waals surface area (Å²) in [5, 5.41) is 4.94. The lowest BCUT2D eigenvalue weighted by Crippen LogP contribution is -2.43. The van der Waals surface area contributed by atoms with Gasteiger partial charge in [0.25, 0.3) is 5.91 Å². The van der Waals surface area contributed by atoms with Crippen molar-refractivity contribution in [2.24, 2.45) is 0 Å². The topological polar surface area (TPSA) is 61.4 Å². The highest BCUT2D eigenvalue weighted by Crippen LogP contribution is 2.29. The summed E-state index contributed by atoms with van der Waals surface area (Å²) in [5.41, 5.74) is -0.449. The largest absolute Gasteiger partial charge is 0.353 e. The molecule has 2 aromatic rings. The van der Waals surface area contributed by atoms with E-state index in [0.717, 1.165) is 12.1 Å². The Morgan fingerprint density at radius 2 is 1.65 bits per heavy atom. The zero-order valence-corrected chi connectivity index (χ0v) is 14.1. The van der Waals surface area contributed by atoms with Gasteiger partial charge in [0.1, 0.15) is 23.0 Å². The summed E-state index contributed by atoms with van der Waals surface area (Å²) in [7, 11) is 0. The number of hydrogen-bond donors (Lipinski definition) is 2. The van der Waals surface area contributed by atoms with Crippen molar-refractivity contribution < 1.29 is 22.8 Å². The number of amides is 3. The predicted molar refractivity (Wildman–Crippen MR) is 89.2 cm³/mol. The fourth-order valence-electron chi connectivity index (χ4n) is 2.67. The molecule has 5 nitrogen and oxygen atoms in total. The lowest BCUT2D eigenvalue weighted by molar-refractivity contribution is -0.125. The number of rotatable bonds is 4. The van der Waals surface area contributed by atoms with Gasteiger partial charge >= 0.3 is 6.03 Å². The van der Waals surface area contributed by atoms with Gasteiger partial charge in [-0.15, -0.1) is 0 Å². The fourth-order valence-corrected chi connectivity index (χ4v) is 2.67. The van der Waals surface area contributed by atoms with E-state index in [0.29, 0.717) is 11.6 Å². The van der Waals surface area contributed by atoms with Crippen LogP contribution in [0, 0.1) is 17.5 Å². The van der Waals surface area contributed by atoms with E-state index in [9.17, 15) is 22.8 Å². The van der Waals surface area contributed by atoms with Crippen LogP contribution in [0.25, 0.3) is 0 Å². The molecule has 1 saturated heterocycles. The number of imide groups is 1. The minimum atomic E-state index is -1.08. The average Bonchev–Trinajstić information content (AvgIpc) is 2.74. The van der Waals surface area contributed by atoms with Crippen molar-refractivity contribution in [3.05, 3.63) is 59.4 Å². The monoisotopic (exact) mass is 363 g/mol. The minimum absolute atomic E-state index is 0.00397. The molecular weight excluding hydrogens is 347 g/mol. The van der Waals surface area contributed by atoms with Crippen LogP contribution >= 0.6 is 0 Å². The summed E-state index contributed by atoms with van der Waals surface area (Å²) < 4.78 is 40.6. The van der Waals surface area contributed by atoms with E-state index in [-0.39, 0.29) is 17.9 Å². The van der Waals surface area contributed by atoms with Crippen LogP contribution in [0.4, 0.5) is 29.3 Å². The Hall–Kier alpha value is -3.03. The smallest absolute Gasteiger partial charge is 0.325 e. The lowest BCUT2D eigenvalue weighted by Gasteiger charge is -2.28. The van der Waals surface area contributed by atoms with Crippen molar-refractivity contribution in [1.82, 2.24) is 10.2 Å². The minimum Gasteiger partial charge on any atom is -0.353 e. The molecule has 2 N–H and O–H groups in total. The van der Waals surface area contributed by atoms with E-state index in [1.165, 1.54) is 23.1 Å². The number of hydrogen-bond acceptors (Lipinski definition) is 3. The highest BCUT2D eigenvalue weighted by molar-refractivity contribution is 6.06. The number of carbonyl (C=O) groups is 2. The Balaban J connectivity index is 1.94. The van der Waals surface area contributed by atoms with Crippen molar-refractivity contribution in [2.45, 2.75) is 25.9 Å². The van der Waals surface area contributed by atoms with Crippen LogP contribution in [0.1, 0.15) is 19.4 Å². The third-order valence-corrected chi connectivity index (χ3v) is 4.30. The summed E-state index contributed by atoms with van der Waals surface area (Å²) >= 11 is 0. The second-order valence-electron chi connectivity index (χ2n) is 6.46. The maximum atomic E-state index is 13.9. The molecule has 136 valence electrons. The molecular formula is C18H16F3N3O2. The lowest BCUT2D eigenvalue weighted by atomic mass is 10.0. The summed E-state index contributed by atoms with van der Waals surface area (Å²) in [5.74, 6) is -2.58. The normalized spacial score (nSPS) is 16.0. The number of nitrogens with zero attached hydrogens (tertiary/aromatic N) is 1. The zero-order chi connectivity index (χ0) is 19.1. The quantitative estimate of drug-likeness (QED) is 0.815. The average molecular weight is 363 g/mol. The number of benzene rings is 2. The van der Waals surface area contributed by atoms with Gasteiger partial charge in [-0.2, -0.15) is 0 Å². The standard InChI is InChI=1S/C18H16F3N3O2/c1-18(2)16(25)23-17(26)24(18)9-10-3-4-12(20)8-15(10)22-14-6-5-11(19)7-13(14)21/h3-8,22H,9H2,1-2H3,(H,23,25,26). The van der Waals surface area contributed by atoms with Crippen LogP contribution in [0.5, 0.6) is 0 Å². The first-order valence-corrected chi connectivity index (χ1v) is 7.82. The third-order valence-electron chi connectivity index (χ3n) is 4.30. The Bertz CT molecular complexity index is 899. The van der Waals surface area contributed by atoms with Gasteiger partial charge in [-0.3, -0.25) is 10.1 Å². The van der Waals surface area contributed by atoms with Crippen LogP contribution < -0.4 is 10.6 Å². The first-order valence-electron chi connectivity index (χ1n) is 7.82. The molecule has 3 amide bonds. The van der Waals surface area contributed by atoms with E-state index in [2.05, 4.69) is 10.6 Å². The van der Waals surface area contributed by atoms with Gasteiger partial charge < -0.3 is 10.2 Å². The van der Waals surface area contributed by atoms with Crippen LogP contribution in [0.3, 0.4) is 0 Å². The number of halogens is 3. The molecule has 1 aliphatic heterocycles. The Morgan fingerprint density at radius 1 is 1.00 bits per heavy atom. The molecule has 8 heteroatoms. The first-order chi connectivity index (χ1) is 12.2. The third kappa shape index (κ3) is 3.22. The number of anilines is 2. The van der Waals surface area contributed by atoms with Gasteiger partial charge in [0.2, 0.25) is 0 Å². The van der Waals surface area contributed by atoms with E-state index < -0.39 is 34.9 Å². The fraction of sp³-hybridized carbons (Fsp3) is 0.222. The molecule has 0 aromatic heterocycles. The van der Waals surface area contributed by atoms with Crippen molar-refractivity contribution >= 4 is 23.3 Å². The predicted octanol–water partition coefficient (Wildman–Crippen LogP) is 3.68. The summed E-state index contributed by atoms with van der Waals surface area (Å²) in [6, 6.07) is 6.17. The number of nitrogens with one attached hydrogen (secondary N) is 2. The van der Waals surface area contributed by atoms with Crippen molar-refractivity contribution in [1.29, 1.82) is 0 Å². The van der Waals surface area contributed by atoms with Crippen LogP contribution in [0.2, 0.25) is 0 Å². The molecule has 26 heavy (non-hydrogen) atoms. The van der Waals surface area contributed by atoms with Crippen molar-refractivity contribution in [3.8, 4) is 0 Å². The van der Waals surface area contributed by atoms with Crippen LogP contribution in [-0.4, -0.2) is 22.4 Å². The molecule has 0 atom stereocenters. The molecule has 3 rings (SSSR count). The van der Waals surface area contributed by atoms with Crippen LogP contribution in [-0.2, 0) is 11.3 Å². The van der Waals surface area contributed by atoms with Gasteiger partial charge in [-0.1, -0.05) is 6.07 Å². The van der Waals surface area contributed by atoms with E-state index >= 15 is 0 Å². The maximum Gasteiger partial charge on any atom is 0.325 e. The van der Waals surface area contributed by atoms with Gasteiger partial charge in [-0.25, -0.2) is 18.0 Å². The summed E-state index contributed by atoms with van der Waals surface area (Å²) in [6.45, 7) is 3.17. The van der Waals surface area contributed by atoms with Gasteiger partial charge in [0.15, 0.2) is 0 Å².